The Morgan fingerprint density at radius 2 is 1.78 bits per heavy atom. The Morgan fingerprint density at radius 1 is 1.00 bits per heavy atom. The molecule has 2 aromatic heterocycles. The highest BCUT2D eigenvalue weighted by molar-refractivity contribution is 5.88. The van der Waals surface area contributed by atoms with E-state index in [1.807, 2.05) is 12.1 Å². The monoisotopic (exact) mass is 364 g/mol. The number of benzene rings is 1. The van der Waals surface area contributed by atoms with Gasteiger partial charge in [0.2, 0.25) is 5.95 Å². The highest BCUT2D eigenvalue weighted by Gasteiger charge is 2.25. The lowest BCUT2D eigenvalue weighted by atomic mass is 9.93. The lowest BCUT2D eigenvalue weighted by Gasteiger charge is -2.34. The number of aromatic nitrogens is 2. The van der Waals surface area contributed by atoms with Gasteiger partial charge in [-0.05, 0) is 37.5 Å². The van der Waals surface area contributed by atoms with Gasteiger partial charge in [-0.1, -0.05) is 0 Å². The van der Waals surface area contributed by atoms with E-state index in [9.17, 15) is 5.11 Å². The summed E-state index contributed by atoms with van der Waals surface area (Å²) in [6.07, 6.45) is 8.03. The minimum Gasteiger partial charge on any atom is -0.508 e. The molecular formula is C21H24N4O2. The third-order valence-corrected chi connectivity index (χ3v) is 5.79. The molecule has 3 heterocycles. The van der Waals surface area contributed by atoms with Gasteiger partial charge in [-0.15, -0.1) is 0 Å². The van der Waals surface area contributed by atoms with Gasteiger partial charge >= 0.3 is 0 Å². The summed E-state index contributed by atoms with van der Waals surface area (Å²) in [6, 6.07) is 5.53. The zero-order valence-corrected chi connectivity index (χ0v) is 15.4. The Balaban J connectivity index is 1.38. The molecule has 1 aliphatic heterocycles. The second-order valence-corrected chi connectivity index (χ2v) is 7.46. The highest BCUT2D eigenvalue weighted by Crippen LogP contribution is 2.38. The van der Waals surface area contributed by atoms with Crippen LogP contribution in [0, 0.1) is 0 Å². The molecule has 140 valence electrons. The van der Waals surface area contributed by atoms with Gasteiger partial charge in [0.15, 0.2) is 0 Å². The molecule has 1 aromatic carbocycles. The van der Waals surface area contributed by atoms with E-state index in [0.717, 1.165) is 73.8 Å². The molecule has 6 nitrogen and oxygen atoms in total. The molecule has 2 aliphatic rings. The fourth-order valence-electron chi connectivity index (χ4n) is 4.36. The molecule has 1 fully saturated rings. The minimum absolute atomic E-state index is 0.380. The van der Waals surface area contributed by atoms with Crippen LogP contribution in [0.3, 0.4) is 0 Å². The number of phenolic OH excluding ortho intramolecular Hbond substituents is 1. The van der Waals surface area contributed by atoms with E-state index in [0.29, 0.717) is 5.75 Å². The Hall–Kier alpha value is -2.60. The first kappa shape index (κ1) is 16.6. The maximum Gasteiger partial charge on any atom is 0.225 e. The fraction of sp³-hybridized carbons (Fsp3) is 0.429. The van der Waals surface area contributed by atoms with Crippen molar-refractivity contribution in [1.29, 1.82) is 0 Å². The third kappa shape index (κ3) is 3.04. The Kier molecular flexibility index (Phi) is 4.20. The van der Waals surface area contributed by atoms with Crippen LogP contribution in [0.25, 0.3) is 11.0 Å². The highest BCUT2D eigenvalue weighted by atomic mass is 16.3. The lowest BCUT2D eigenvalue weighted by molar-refractivity contribution is 0.246. The van der Waals surface area contributed by atoms with Crippen LogP contribution in [0.15, 0.2) is 35.0 Å². The Morgan fingerprint density at radius 3 is 2.59 bits per heavy atom. The van der Waals surface area contributed by atoms with Crippen LogP contribution in [0.2, 0.25) is 0 Å². The number of piperazine rings is 1. The van der Waals surface area contributed by atoms with Gasteiger partial charge in [0, 0.05) is 68.1 Å². The predicted molar refractivity (Wildman–Crippen MR) is 104 cm³/mol. The smallest absolute Gasteiger partial charge is 0.225 e. The van der Waals surface area contributed by atoms with Crippen molar-refractivity contribution in [1.82, 2.24) is 14.9 Å². The second-order valence-electron chi connectivity index (χ2n) is 7.46. The molecule has 27 heavy (non-hydrogen) atoms. The first-order valence-corrected chi connectivity index (χ1v) is 9.79. The number of fused-ring (bicyclic) bond motifs is 3. The number of aryl methyl sites for hydroxylation is 2. The van der Waals surface area contributed by atoms with E-state index < -0.39 is 0 Å². The van der Waals surface area contributed by atoms with Crippen LogP contribution in [-0.4, -0.2) is 46.2 Å². The lowest BCUT2D eigenvalue weighted by Crippen LogP contribution is -2.46. The molecule has 3 aromatic rings. The number of furan rings is 1. The number of anilines is 1. The summed E-state index contributed by atoms with van der Waals surface area (Å²) in [5.41, 5.74) is 3.26. The second kappa shape index (κ2) is 6.85. The molecule has 0 radical (unpaired) electrons. The van der Waals surface area contributed by atoms with E-state index in [1.54, 1.807) is 18.5 Å². The maximum atomic E-state index is 10.6. The summed E-state index contributed by atoms with van der Waals surface area (Å²) in [6.45, 7) is 4.38. The molecule has 0 amide bonds. The summed E-state index contributed by atoms with van der Waals surface area (Å²) in [5, 5.41) is 11.7. The van der Waals surface area contributed by atoms with Crippen LogP contribution in [0.5, 0.6) is 5.75 Å². The summed E-state index contributed by atoms with van der Waals surface area (Å²) in [5.74, 6) is 2.30. The summed E-state index contributed by atoms with van der Waals surface area (Å²) in [7, 11) is 0. The van der Waals surface area contributed by atoms with Gasteiger partial charge < -0.3 is 14.4 Å². The number of hydrogen-bond donors (Lipinski definition) is 1. The van der Waals surface area contributed by atoms with Crippen molar-refractivity contribution >= 4 is 16.9 Å². The molecule has 1 saturated heterocycles. The number of nitrogens with zero attached hydrogens (tertiary/aromatic N) is 4. The topological polar surface area (TPSA) is 65.6 Å². The maximum absolute atomic E-state index is 10.6. The average Bonchev–Trinajstić information content (AvgIpc) is 3.10. The molecule has 0 bridgehead atoms. The number of aromatic hydroxyl groups is 1. The first-order valence-electron chi connectivity index (χ1n) is 9.79. The van der Waals surface area contributed by atoms with Crippen LogP contribution >= 0.6 is 0 Å². The Bertz CT molecular complexity index is 946. The van der Waals surface area contributed by atoms with Gasteiger partial charge in [-0.25, -0.2) is 9.97 Å². The summed E-state index contributed by atoms with van der Waals surface area (Å²) in [4.78, 5) is 13.3. The van der Waals surface area contributed by atoms with Crippen LogP contribution in [0.1, 0.15) is 29.7 Å². The number of phenols is 1. The molecule has 0 unspecified atom stereocenters. The van der Waals surface area contributed by atoms with Gasteiger partial charge in [-0.3, -0.25) is 4.90 Å². The SMILES string of the molecule is Oc1ccc2oc3c(c2c1CN1CCN(c2ncccn2)CC1)CCCC3. The quantitative estimate of drug-likeness (QED) is 0.770. The molecule has 6 heteroatoms. The van der Waals surface area contributed by atoms with Crippen molar-refractivity contribution in [3.05, 3.63) is 47.5 Å². The van der Waals surface area contributed by atoms with Gasteiger partial charge in [0.05, 0.1) is 0 Å². The van der Waals surface area contributed by atoms with Gasteiger partial charge in [0.1, 0.15) is 17.1 Å². The van der Waals surface area contributed by atoms with Crippen molar-refractivity contribution in [3.63, 3.8) is 0 Å². The van der Waals surface area contributed by atoms with Crippen molar-refractivity contribution in [2.75, 3.05) is 31.1 Å². The normalized spacial score (nSPS) is 18.0. The van der Waals surface area contributed by atoms with E-state index in [1.165, 1.54) is 18.4 Å². The first-order chi connectivity index (χ1) is 13.3. The predicted octanol–water partition coefficient (Wildman–Crippen LogP) is 3.13. The van der Waals surface area contributed by atoms with Crippen molar-refractivity contribution in [3.8, 4) is 5.75 Å². The van der Waals surface area contributed by atoms with E-state index in [-0.39, 0.29) is 0 Å². The largest absolute Gasteiger partial charge is 0.508 e. The molecule has 1 aliphatic carbocycles. The average molecular weight is 364 g/mol. The van der Waals surface area contributed by atoms with Crippen LogP contribution < -0.4 is 4.90 Å². The fourth-order valence-corrected chi connectivity index (χ4v) is 4.36. The number of rotatable bonds is 3. The molecule has 0 saturated carbocycles. The molecule has 0 spiro atoms. The van der Waals surface area contributed by atoms with Gasteiger partial charge in [0.25, 0.3) is 0 Å². The summed E-state index contributed by atoms with van der Waals surface area (Å²) >= 11 is 0. The van der Waals surface area contributed by atoms with Crippen LogP contribution in [-0.2, 0) is 19.4 Å². The molecule has 0 atom stereocenters. The van der Waals surface area contributed by atoms with Gasteiger partial charge in [-0.2, -0.15) is 0 Å². The van der Waals surface area contributed by atoms with E-state index in [2.05, 4.69) is 19.8 Å². The zero-order valence-electron chi connectivity index (χ0n) is 15.4. The molecule has 5 rings (SSSR count). The van der Waals surface area contributed by atoms with Crippen molar-refractivity contribution < 1.29 is 9.52 Å². The molecular weight excluding hydrogens is 340 g/mol. The standard InChI is InChI=1S/C21H24N4O2/c26-17-6-7-19-20(15-4-1-2-5-18(15)27-19)16(17)14-24-10-12-25(13-11-24)21-22-8-3-9-23-21/h3,6-9,26H,1-2,4-5,10-14H2. The molecule has 1 N–H and O–H groups in total. The Labute approximate surface area is 158 Å². The third-order valence-electron chi connectivity index (χ3n) is 5.79. The number of hydrogen-bond acceptors (Lipinski definition) is 6. The van der Waals surface area contributed by atoms with E-state index >= 15 is 0 Å². The van der Waals surface area contributed by atoms with E-state index in [4.69, 9.17) is 4.42 Å². The zero-order chi connectivity index (χ0) is 18.2. The summed E-state index contributed by atoms with van der Waals surface area (Å²) < 4.78 is 6.10. The van der Waals surface area contributed by atoms with Crippen LogP contribution in [0.4, 0.5) is 5.95 Å². The van der Waals surface area contributed by atoms with Crippen molar-refractivity contribution in [2.24, 2.45) is 0 Å². The van der Waals surface area contributed by atoms with Crippen molar-refractivity contribution in [2.45, 2.75) is 32.2 Å². The minimum atomic E-state index is 0.380.